The number of benzene rings is 2. The molecule has 19 N–H and O–H groups in total. The van der Waals surface area contributed by atoms with Gasteiger partial charge in [-0.15, -0.1) is 0 Å². The highest BCUT2D eigenvalue weighted by atomic mass is 32.2. The van der Waals surface area contributed by atoms with Crippen LogP contribution in [-0.2, 0) is 80.0 Å². The van der Waals surface area contributed by atoms with Crippen molar-refractivity contribution in [3.63, 3.8) is 0 Å². The number of rotatable bonds is 41. The number of nitrogens with two attached hydrogens (primary N) is 2. The molecule has 0 aliphatic carbocycles. The number of amides is 12. The summed E-state index contributed by atoms with van der Waals surface area (Å²) in [5.41, 5.74) is 12.9. The summed E-state index contributed by atoms with van der Waals surface area (Å²) in [4.78, 5) is 214. The summed E-state index contributed by atoms with van der Waals surface area (Å²) in [5, 5.41) is 55.2. The topological polar surface area (TPSA) is 547 Å². The Morgan fingerprint density at radius 3 is 1.60 bits per heavy atom. The molecule has 4 aromatic rings. The van der Waals surface area contributed by atoms with Gasteiger partial charge in [0.1, 0.15) is 42.3 Å². The van der Waals surface area contributed by atoms with Crippen molar-refractivity contribution in [1.82, 2.24) is 82.4 Å². The molecular weight excluding hydrogens is 1400 g/mol. The predicted molar refractivity (Wildman–Crippen MR) is 387 cm³/mol. The molecule has 2 aromatic carbocycles. The van der Waals surface area contributed by atoms with Crippen LogP contribution >= 0.6 is 11.8 Å². The molecule has 38 heteroatoms. The number of aliphatic carboxylic acids is 3. The van der Waals surface area contributed by atoms with Gasteiger partial charge in [-0.2, -0.15) is 11.8 Å². The number of primary amides is 2. The monoisotopic (exact) mass is 1500 g/mol. The van der Waals surface area contributed by atoms with Gasteiger partial charge in [-0.25, -0.2) is 4.98 Å². The van der Waals surface area contributed by atoms with Crippen LogP contribution in [0.3, 0.4) is 0 Å². The van der Waals surface area contributed by atoms with Crippen molar-refractivity contribution in [2.45, 2.75) is 115 Å². The Hall–Kier alpha value is -10.6. The second kappa shape index (κ2) is 43.6. The molecule has 0 unspecified atom stereocenters. The lowest BCUT2D eigenvalue weighted by atomic mass is 10.0. The van der Waals surface area contributed by atoms with E-state index in [2.05, 4.69) is 68.1 Å². The van der Waals surface area contributed by atoms with Crippen LogP contribution in [0.2, 0.25) is 0 Å². The van der Waals surface area contributed by atoms with Gasteiger partial charge in [0.15, 0.2) is 0 Å². The fraction of sp³-hybridized carbons (Fsp3) is 0.529. The summed E-state index contributed by atoms with van der Waals surface area (Å²) in [6.45, 7) is 7.03. The van der Waals surface area contributed by atoms with Crippen molar-refractivity contribution in [3.8, 4) is 0 Å². The van der Waals surface area contributed by atoms with Crippen LogP contribution < -0.4 is 64.6 Å². The summed E-state index contributed by atoms with van der Waals surface area (Å²) in [6, 6.07) is 3.33. The molecule has 7 atom stereocenters. The third-order valence-electron chi connectivity index (χ3n) is 16.9. The number of carboxylic acids is 3. The van der Waals surface area contributed by atoms with Crippen LogP contribution in [0, 0.1) is 11.8 Å². The summed E-state index contributed by atoms with van der Waals surface area (Å²) < 4.78 is 0. The molecule has 106 heavy (non-hydrogen) atoms. The Morgan fingerprint density at radius 2 is 1.07 bits per heavy atom. The molecule has 0 bridgehead atoms. The molecule has 1 aliphatic rings. The lowest BCUT2D eigenvalue weighted by molar-refractivity contribution is -0.140. The second-order valence-electron chi connectivity index (χ2n) is 26.4. The Bertz CT molecular complexity index is 3660. The lowest BCUT2D eigenvalue weighted by Crippen LogP contribution is -2.59. The van der Waals surface area contributed by atoms with Crippen LogP contribution in [0.4, 0.5) is 5.69 Å². The summed E-state index contributed by atoms with van der Waals surface area (Å²) in [7, 11) is 0. The molecule has 0 spiro atoms. The number of imidazole rings is 1. The number of aromatic amines is 2. The number of para-hydroxylation sites is 1. The Kier molecular flexibility index (Phi) is 35.4. The van der Waals surface area contributed by atoms with Gasteiger partial charge in [0.25, 0.3) is 5.91 Å². The van der Waals surface area contributed by atoms with E-state index >= 15 is 0 Å². The first-order chi connectivity index (χ1) is 50.3. The molecule has 2 aromatic heterocycles. The van der Waals surface area contributed by atoms with E-state index in [1.807, 2.05) is 20.1 Å². The first-order valence-corrected chi connectivity index (χ1v) is 35.9. The maximum absolute atomic E-state index is 14.5. The molecule has 0 saturated carbocycles. The highest BCUT2D eigenvalue weighted by molar-refractivity contribution is 7.98. The first-order valence-electron chi connectivity index (χ1n) is 34.5. The minimum atomic E-state index is -1.50. The van der Waals surface area contributed by atoms with Crippen LogP contribution in [0.1, 0.15) is 81.9 Å². The number of hydrogen-bond donors (Lipinski definition) is 17. The summed E-state index contributed by atoms with van der Waals surface area (Å²) in [6.07, 6.45) is 5.60. The fourth-order valence-electron chi connectivity index (χ4n) is 11.2. The minimum absolute atomic E-state index is 0.0231. The van der Waals surface area contributed by atoms with Crippen molar-refractivity contribution in [3.05, 3.63) is 84.1 Å². The third-order valence-corrected chi connectivity index (χ3v) is 17.6. The van der Waals surface area contributed by atoms with Gasteiger partial charge in [0, 0.05) is 112 Å². The van der Waals surface area contributed by atoms with E-state index in [0.29, 0.717) is 27.9 Å². The van der Waals surface area contributed by atoms with Crippen molar-refractivity contribution in [2.24, 2.45) is 23.3 Å². The van der Waals surface area contributed by atoms with Crippen molar-refractivity contribution >= 4 is 117 Å². The Balaban J connectivity index is 1.22. The molecular formula is C68H99N19O18S. The van der Waals surface area contributed by atoms with E-state index in [9.17, 15) is 87.2 Å². The van der Waals surface area contributed by atoms with Crippen LogP contribution in [-0.4, -0.2) is 285 Å². The van der Waals surface area contributed by atoms with Gasteiger partial charge in [0.05, 0.1) is 45.6 Å². The van der Waals surface area contributed by atoms with Gasteiger partial charge >= 0.3 is 17.9 Å². The number of aromatic nitrogens is 3. The number of carbonyl (C=O) groups is 15. The van der Waals surface area contributed by atoms with E-state index in [0.717, 1.165) is 0 Å². The van der Waals surface area contributed by atoms with E-state index < -0.39 is 157 Å². The highest BCUT2D eigenvalue weighted by Gasteiger charge is 2.35. The van der Waals surface area contributed by atoms with Gasteiger partial charge in [-0.1, -0.05) is 45.9 Å². The molecule has 580 valence electrons. The van der Waals surface area contributed by atoms with Crippen molar-refractivity contribution < 1.29 is 87.2 Å². The predicted octanol–water partition coefficient (Wildman–Crippen LogP) is -3.74. The molecule has 12 amide bonds. The SMILES string of the molecule is CSCC[C@H](NC(=O)[C@H](CC(C)C)NC(=O)[C@H](Cc1cnc[nH]1)NC(=O)CNC(=O)[C@@H](NC(=O)[C@H](C)NC(=O)[C@H](Cc1c[nH]c2ccccc12)NC(=O)[C@H](CCC(N)=O)NC(=O)c1ccc(NC(=O)CNC(=O)CN2CCN(CC(=O)O)CCN(CC(=O)O)CCN(CC(=O)O)CC2)cc1)C(C)C)C(N)=O. The highest BCUT2D eigenvalue weighted by Crippen LogP contribution is 2.20. The molecule has 37 nitrogen and oxygen atoms in total. The molecule has 1 saturated heterocycles. The number of anilines is 1. The largest absolute Gasteiger partial charge is 0.480 e. The quantitative estimate of drug-likeness (QED) is 0.0203. The number of H-pyrrole nitrogens is 2. The number of hydrogen-bond acceptors (Lipinski definition) is 21. The number of nitrogens with one attached hydrogen (secondary N) is 12. The summed E-state index contributed by atoms with van der Waals surface area (Å²) >= 11 is 1.45. The minimum Gasteiger partial charge on any atom is -0.480 e. The van der Waals surface area contributed by atoms with Crippen LogP contribution in [0.25, 0.3) is 10.9 Å². The Labute approximate surface area is 616 Å². The fourth-order valence-corrected chi connectivity index (χ4v) is 11.7. The Morgan fingerprint density at radius 1 is 0.538 bits per heavy atom. The van der Waals surface area contributed by atoms with Crippen molar-refractivity contribution in [2.75, 3.05) is 109 Å². The zero-order valence-corrected chi connectivity index (χ0v) is 61.0. The molecule has 1 fully saturated rings. The normalized spacial score (nSPS) is 15.4. The lowest BCUT2D eigenvalue weighted by Gasteiger charge is -2.32. The van der Waals surface area contributed by atoms with E-state index in [-0.39, 0.29) is 128 Å². The third kappa shape index (κ3) is 30.6. The van der Waals surface area contributed by atoms with Crippen LogP contribution in [0.5, 0.6) is 0 Å². The van der Waals surface area contributed by atoms with Gasteiger partial charge < -0.3 is 89.9 Å². The zero-order chi connectivity index (χ0) is 78.2. The molecule has 0 radical (unpaired) electrons. The number of fused-ring (bicyclic) bond motifs is 1. The standard InChI is InChI=1S/C68H99N19O18S/c1-39(2)27-50(66(103)79-48(61(70)98)17-26-106-6)81-67(104)52(29-45-31-71-38-75-45)78-55(90)33-74-68(105)60(40(3)4)83-62(99)41(5)76-65(102)51(28-43-30-72-47-10-8-7-9-46(43)47)82-64(101)49(15-16-53(69)88)80-63(100)42-11-13-44(14-12-42)77-54(89)32-73-56(91)34-84-18-20-85(35-57(92)93)22-24-87(37-59(96)97)25-23-86(21-19-84)36-58(94)95/h7-14,30-31,38-41,48-52,60,72H,15-29,32-37H2,1-6H3,(H2,69,88)(H2,70,98)(H,71,75)(H,73,91)(H,74,105)(H,76,102)(H,77,89)(H,78,90)(H,79,103)(H,80,100)(H,81,104)(H,82,101)(H,83,99)(H,92,93)(H,94,95)(H,96,97)/t41-,48-,49-,50-,51-,52-,60-/m0/s1. The van der Waals surface area contributed by atoms with E-state index in [1.54, 1.807) is 63.9 Å². The number of thioether (sulfide) groups is 1. The van der Waals surface area contributed by atoms with Gasteiger partial charge in [-0.05, 0) is 85.9 Å². The zero-order valence-electron chi connectivity index (χ0n) is 60.2. The average Bonchev–Trinajstić information content (AvgIpc) is 1.68. The maximum atomic E-state index is 14.5. The van der Waals surface area contributed by atoms with Gasteiger partial charge in [-0.3, -0.25) is 91.5 Å². The van der Waals surface area contributed by atoms with Crippen LogP contribution in [0.15, 0.2) is 67.3 Å². The van der Waals surface area contributed by atoms with Gasteiger partial charge in [0.2, 0.25) is 65.0 Å². The van der Waals surface area contributed by atoms with E-state index in [1.165, 1.54) is 55.5 Å². The summed E-state index contributed by atoms with van der Waals surface area (Å²) in [5.74, 6) is -13.0. The second-order valence-corrected chi connectivity index (χ2v) is 27.3. The smallest absolute Gasteiger partial charge is 0.317 e. The molecule has 5 rings (SSSR count). The maximum Gasteiger partial charge on any atom is 0.317 e. The molecule has 1 aliphatic heterocycles. The number of nitrogens with zero attached hydrogens (tertiary/aromatic N) is 5. The number of carbonyl (C=O) groups excluding carboxylic acids is 12. The van der Waals surface area contributed by atoms with Crippen molar-refractivity contribution in [1.29, 1.82) is 0 Å². The first kappa shape index (κ1) is 86.1. The molecule has 3 heterocycles. The van der Waals surface area contributed by atoms with E-state index in [4.69, 9.17) is 11.5 Å². The number of carboxylic acid groups (broad SMARTS) is 3. The average molecular weight is 1500 g/mol.